The summed E-state index contributed by atoms with van der Waals surface area (Å²) in [7, 11) is 0. The molecule has 0 saturated carbocycles. The molecule has 1 aromatic rings. The van der Waals surface area contributed by atoms with Crippen molar-refractivity contribution < 1.29 is 23.9 Å². The van der Waals surface area contributed by atoms with Crippen LogP contribution in [-0.4, -0.2) is 30.4 Å². The molecule has 0 radical (unpaired) electrons. The summed E-state index contributed by atoms with van der Waals surface area (Å²) in [6.45, 7) is 2.04. The number of imide groups is 2. The first-order chi connectivity index (χ1) is 10.0. The van der Waals surface area contributed by atoms with Crippen LogP contribution in [0.1, 0.15) is 18.9 Å². The third-order valence-corrected chi connectivity index (χ3v) is 2.86. The van der Waals surface area contributed by atoms with Gasteiger partial charge in [0.1, 0.15) is 6.42 Å². The van der Waals surface area contributed by atoms with Gasteiger partial charge in [-0.15, -0.1) is 0 Å². The van der Waals surface area contributed by atoms with E-state index in [1.807, 2.05) is 0 Å². The van der Waals surface area contributed by atoms with E-state index in [1.165, 1.54) is 0 Å². The SMILES string of the molecule is CCOC(=O)Cc1ccc(N2C(=O)CC(=O)NC2=O)cc1. The van der Waals surface area contributed by atoms with E-state index in [9.17, 15) is 19.2 Å². The Labute approximate surface area is 120 Å². The second-order valence-corrected chi connectivity index (χ2v) is 4.41. The first-order valence-electron chi connectivity index (χ1n) is 6.42. The molecule has 0 aromatic heterocycles. The number of carbonyl (C=O) groups is 4. The molecule has 2 rings (SSSR count). The third-order valence-electron chi connectivity index (χ3n) is 2.86. The van der Waals surface area contributed by atoms with Gasteiger partial charge in [-0.3, -0.25) is 19.7 Å². The van der Waals surface area contributed by atoms with Crippen LogP contribution >= 0.6 is 0 Å². The van der Waals surface area contributed by atoms with E-state index < -0.39 is 17.8 Å². The monoisotopic (exact) mass is 290 g/mol. The molecule has 7 heteroatoms. The van der Waals surface area contributed by atoms with Crippen LogP contribution in [0.4, 0.5) is 10.5 Å². The molecule has 21 heavy (non-hydrogen) atoms. The summed E-state index contributed by atoms with van der Waals surface area (Å²) < 4.78 is 4.83. The second kappa shape index (κ2) is 6.17. The van der Waals surface area contributed by atoms with Crippen molar-refractivity contribution in [1.82, 2.24) is 5.32 Å². The van der Waals surface area contributed by atoms with Crippen molar-refractivity contribution >= 4 is 29.5 Å². The maximum atomic E-state index is 11.7. The molecule has 1 aliphatic heterocycles. The number of rotatable bonds is 4. The highest BCUT2D eigenvalue weighted by molar-refractivity contribution is 6.26. The summed E-state index contributed by atoms with van der Waals surface area (Å²) in [5, 5.41) is 2.07. The molecule has 7 nitrogen and oxygen atoms in total. The Hall–Kier alpha value is -2.70. The van der Waals surface area contributed by atoms with Gasteiger partial charge in [-0.25, -0.2) is 9.69 Å². The number of anilines is 1. The van der Waals surface area contributed by atoms with Gasteiger partial charge in [0, 0.05) is 0 Å². The summed E-state index contributed by atoms with van der Waals surface area (Å²) in [6, 6.07) is 5.57. The normalized spacial score (nSPS) is 14.9. The largest absolute Gasteiger partial charge is 0.466 e. The Morgan fingerprint density at radius 1 is 1.24 bits per heavy atom. The molecule has 4 amide bonds. The number of nitrogens with zero attached hydrogens (tertiary/aromatic N) is 1. The number of benzene rings is 1. The number of hydrogen-bond acceptors (Lipinski definition) is 5. The fraction of sp³-hybridized carbons (Fsp3) is 0.286. The van der Waals surface area contributed by atoms with E-state index in [0.717, 1.165) is 4.90 Å². The van der Waals surface area contributed by atoms with Crippen LogP contribution in [0.3, 0.4) is 0 Å². The quantitative estimate of drug-likeness (QED) is 0.653. The third kappa shape index (κ3) is 3.44. The van der Waals surface area contributed by atoms with Crippen molar-refractivity contribution in [3.8, 4) is 0 Å². The molecule has 1 aromatic carbocycles. The number of urea groups is 1. The number of nitrogens with one attached hydrogen (secondary N) is 1. The molecule has 0 bridgehead atoms. The van der Waals surface area contributed by atoms with Crippen molar-refractivity contribution in [2.75, 3.05) is 11.5 Å². The maximum absolute atomic E-state index is 11.7. The van der Waals surface area contributed by atoms with E-state index in [2.05, 4.69) is 5.32 Å². The molecule has 1 heterocycles. The fourth-order valence-electron chi connectivity index (χ4n) is 1.95. The molecule has 1 N–H and O–H groups in total. The van der Waals surface area contributed by atoms with E-state index in [0.29, 0.717) is 17.9 Å². The van der Waals surface area contributed by atoms with Crippen molar-refractivity contribution in [2.24, 2.45) is 0 Å². The molecule has 1 saturated heterocycles. The highest BCUT2D eigenvalue weighted by atomic mass is 16.5. The predicted molar refractivity (Wildman–Crippen MR) is 72.4 cm³/mol. The van der Waals surface area contributed by atoms with Gasteiger partial charge in [-0.1, -0.05) is 12.1 Å². The lowest BCUT2D eigenvalue weighted by atomic mass is 10.1. The van der Waals surface area contributed by atoms with Gasteiger partial charge in [0.25, 0.3) is 0 Å². The highest BCUT2D eigenvalue weighted by Crippen LogP contribution is 2.19. The van der Waals surface area contributed by atoms with Crippen LogP contribution in [0.25, 0.3) is 0 Å². The molecular formula is C14H14N2O5. The zero-order valence-corrected chi connectivity index (χ0v) is 11.4. The highest BCUT2D eigenvalue weighted by Gasteiger charge is 2.31. The lowest BCUT2D eigenvalue weighted by Gasteiger charge is -2.24. The standard InChI is InChI=1S/C14H14N2O5/c1-2-21-13(19)7-9-3-5-10(6-4-9)16-12(18)8-11(17)15-14(16)20/h3-6H,2,7-8H2,1H3,(H,15,17,20). The van der Waals surface area contributed by atoms with Crippen LogP contribution < -0.4 is 10.2 Å². The first kappa shape index (κ1) is 14.7. The van der Waals surface area contributed by atoms with Crippen LogP contribution in [0.5, 0.6) is 0 Å². The Bertz CT molecular complexity index is 574. The molecule has 0 aliphatic carbocycles. The number of barbiturate groups is 1. The minimum atomic E-state index is -0.769. The summed E-state index contributed by atoms with van der Waals surface area (Å²) in [5.74, 6) is -1.54. The molecular weight excluding hydrogens is 276 g/mol. The zero-order valence-electron chi connectivity index (χ0n) is 11.4. The van der Waals surface area contributed by atoms with Crippen LogP contribution in [0.15, 0.2) is 24.3 Å². The van der Waals surface area contributed by atoms with Gasteiger partial charge in [-0.05, 0) is 24.6 Å². The number of amides is 4. The van der Waals surface area contributed by atoms with Gasteiger partial charge in [0.05, 0.1) is 18.7 Å². The maximum Gasteiger partial charge on any atom is 0.335 e. The Kier molecular flexibility index (Phi) is 4.32. The minimum Gasteiger partial charge on any atom is -0.466 e. The number of hydrogen-bond donors (Lipinski definition) is 1. The van der Waals surface area contributed by atoms with Gasteiger partial charge >= 0.3 is 12.0 Å². The van der Waals surface area contributed by atoms with Gasteiger partial charge in [-0.2, -0.15) is 0 Å². The van der Waals surface area contributed by atoms with E-state index >= 15 is 0 Å². The summed E-state index contributed by atoms with van der Waals surface area (Å²) in [5.41, 5.74) is 1.05. The summed E-state index contributed by atoms with van der Waals surface area (Å²) >= 11 is 0. The van der Waals surface area contributed by atoms with Crippen molar-refractivity contribution in [2.45, 2.75) is 19.8 Å². The fourth-order valence-corrected chi connectivity index (χ4v) is 1.95. The Morgan fingerprint density at radius 3 is 2.48 bits per heavy atom. The molecule has 0 atom stereocenters. The number of ether oxygens (including phenoxy) is 1. The second-order valence-electron chi connectivity index (χ2n) is 4.41. The van der Waals surface area contributed by atoms with Crippen molar-refractivity contribution in [3.63, 3.8) is 0 Å². The predicted octanol–water partition coefficient (Wildman–Crippen LogP) is 0.765. The van der Waals surface area contributed by atoms with Gasteiger partial charge in [0.15, 0.2) is 0 Å². The van der Waals surface area contributed by atoms with Crippen LogP contribution in [0, 0.1) is 0 Å². The molecule has 1 fully saturated rings. The summed E-state index contributed by atoms with van der Waals surface area (Å²) in [6.07, 6.45) is -0.247. The lowest BCUT2D eigenvalue weighted by Crippen LogP contribution is -2.52. The van der Waals surface area contributed by atoms with E-state index in [-0.39, 0.29) is 18.8 Å². The Balaban J connectivity index is 2.11. The summed E-state index contributed by atoms with van der Waals surface area (Å²) in [4.78, 5) is 46.7. The van der Waals surface area contributed by atoms with Crippen LogP contribution in [0.2, 0.25) is 0 Å². The number of esters is 1. The topological polar surface area (TPSA) is 92.8 Å². The van der Waals surface area contributed by atoms with E-state index in [4.69, 9.17) is 4.74 Å². The van der Waals surface area contributed by atoms with Crippen LogP contribution in [-0.2, 0) is 25.5 Å². The molecule has 1 aliphatic rings. The Morgan fingerprint density at radius 2 is 1.90 bits per heavy atom. The average molecular weight is 290 g/mol. The molecule has 0 unspecified atom stereocenters. The zero-order chi connectivity index (χ0) is 15.4. The number of carbonyl (C=O) groups excluding carboxylic acids is 4. The lowest BCUT2D eigenvalue weighted by molar-refractivity contribution is -0.142. The van der Waals surface area contributed by atoms with Gasteiger partial charge < -0.3 is 4.74 Å². The average Bonchev–Trinajstić information content (AvgIpc) is 2.39. The van der Waals surface area contributed by atoms with Gasteiger partial charge in [0.2, 0.25) is 11.8 Å². The first-order valence-corrected chi connectivity index (χ1v) is 6.42. The van der Waals surface area contributed by atoms with E-state index in [1.54, 1.807) is 31.2 Å². The molecule has 110 valence electrons. The minimum absolute atomic E-state index is 0.118. The smallest absolute Gasteiger partial charge is 0.335 e. The van der Waals surface area contributed by atoms with Crippen molar-refractivity contribution in [3.05, 3.63) is 29.8 Å². The van der Waals surface area contributed by atoms with Crippen molar-refractivity contribution in [1.29, 1.82) is 0 Å². The molecule has 0 spiro atoms.